The molecule has 1 spiro atoms. The first-order valence-corrected chi connectivity index (χ1v) is 10.9. The monoisotopic (exact) mass is 384 g/mol. The molecule has 0 radical (unpaired) electrons. The summed E-state index contributed by atoms with van der Waals surface area (Å²) < 4.78 is 0. The number of rotatable bonds is 5. The predicted octanol–water partition coefficient (Wildman–Crippen LogP) is 3.51. The van der Waals surface area contributed by atoms with Gasteiger partial charge in [0.05, 0.1) is 22.9 Å². The number of pyridine rings is 1. The maximum atomic E-state index is 12.5. The molecule has 1 amide bonds. The molecule has 4 heterocycles. The van der Waals surface area contributed by atoms with E-state index < -0.39 is 0 Å². The molecule has 0 N–H and O–H groups in total. The minimum absolute atomic E-state index is 0.227. The van der Waals surface area contributed by atoms with Gasteiger partial charge < -0.3 is 4.90 Å². The molecule has 0 saturated carbocycles. The summed E-state index contributed by atoms with van der Waals surface area (Å²) in [7, 11) is 0. The SMILES string of the molecule is CCc1nc(CN2CCC[C@]3(CCC(=O)N(Cc4ccccn4)C3)C2)cs1. The second kappa shape index (κ2) is 8.07. The van der Waals surface area contributed by atoms with Crippen molar-refractivity contribution in [1.29, 1.82) is 0 Å². The second-order valence-electron chi connectivity index (χ2n) is 7.97. The van der Waals surface area contributed by atoms with Gasteiger partial charge in [-0.05, 0) is 44.4 Å². The third-order valence-corrected chi connectivity index (χ3v) is 6.90. The number of thiazole rings is 1. The molecular weight excluding hydrogens is 356 g/mol. The van der Waals surface area contributed by atoms with E-state index >= 15 is 0 Å². The van der Waals surface area contributed by atoms with Crippen molar-refractivity contribution in [3.8, 4) is 0 Å². The van der Waals surface area contributed by atoms with Crippen molar-refractivity contribution < 1.29 is 4.79 Å². The third kappa shape index (κ3) is 4.38. The first kappa shape index (κ1) is 18.6. The molecule has 4 rings (SSSR count). The van der Waals surface area contributed by atoms with Crippen LogP contribution in [0, 0.1) is 5.41 Å². The summed E-state index contributed by atoms with van der Waals surface area (Å²) in [5, 5.41) is 3.43. The van der Waals surface area contributed by atoms with Gasteiger partial charge in [-0.15, -0.1) is 11.3 Å². The molecule has 2 aliphatic rings. The summed E-state index contributed by atoms with van der Waals surface area (Å²) in [6.07, 6.45) is 6.92. The van der Waals surface area contributed by atoms with Crippen LogP contribution in [-0.2, 0) is 24.3 Å². The summed E-state index contributed by atoms with van der Waals surface area (Å²) in [4.78, 5) is 26.2. The average Bonchev–Trinajstić information content (AvgIpc) is 3.14. The highest BCUT2D eigenvalue weighted by Gasteiger charge is 2.41. The largest absolute Gasteiger partial charge is 0.336 e. The Kier molecular flexibility index (Phi) is 5.55. The molecule has 2 aromatic heterocycles. The standard InChI is InChI=1S/C21H28N4OS/c1-2-19-23-18(14-27-19)12-24-11-5-8-21(15-24)9-7-20(26)25(16-21)13-17-6-3-4-10-22-17/h3-4,6,10,14H,2,5,7-9,11-13,15-16H2,1H3/t21-/m0/s1. The van der Waals surface area contributed by atoms with Crippen LogP contribution >= 0.6 is 11.3 Å². The maximum absolute atomic E-state index is 12.5. The molecule has 0 aliphatic carbocycles. The van der Waals surface area contributed by atoms with Crippen LogP contribution in [0.5, 0.6) is 0 Å². The second-order valence-corrected chi connectivity index (χ2v) is 8.91. The topological polar surface area (TPSA) is 49.3 Å². The molecule has 0 aromatic carbocycles. The van der Waals surface area contributed by atoms with Gasteiger partial charge in [-0.1, -0.05) is 13.0 Å². The smallest absolute Gasteiger partial charge is 0.222 e. The van der Waals surface area contributed by atoms with Crippen molar-refractivity contribution in [3.05, 3.63) is 46.2 Å². The van der Waals surface area contributed by atoms with E-state index in [1.807, 2.05) is 23.1 Å². The maximum Gasteiger partial charge on any atom is 0.222 e. The van der Waals surface area contributed by atoms with Crippen molar-refractivity contribution in [3.63, 3.8) is 0 Å². The van der Waals surface area contributed by atoms with Crippen molar-refractivity contribution in [1.82, 2.24) is 19.8 Å². The van der Waals surface area contributed by atoms with Crippen LogP contribution in [0.1, 0.15) is 49.0 Å². The molecule has 5 nitrogen and oxygen atoms in total. The molecule has 2 aliphatic heterocycles. The van der Waals surface area contributed by atoms with E-state index in [2.05, 4.69) is 22.2 Å². The number of hydrogen-bond acceptors (Lipinski definition) is 5. The van der Waals surface area contributed by atoms with Gasteiger partial charge in [0.15, 0.2) is 0 Å². The lowest BCUT2D eigenvalue weighted by Gasteiger charge is -2.48. The highest BCUT2D eigenvalue weighted by Crippen LogP contribution is 2.39. The Morgan fingerprint density at radius 2 is 2.11 bits per heavy atom. The molecule has 2 saturated heterocycles. The number of likely N-dealkylation sites (tertiary alicyclic amines) is 2. The minimum atomic E-state index is 0.227. The highest BCUT2D eigenvalue weighted by atomic mass is 32.1. The van der Waals surface area contributed by atoms with Gasteiger partial charge in [0.25, 0.3) is 0 Å². The lowest BCUT2D eigenvalue weighted by atomic mass is 9.73. The lowest BCUT2D eigenvalue weighted by molar-refractivity contribution is -0.140. The van der Waals surface area contributed by atoms with Crippen molar-refractivity contribution in [2.45, 2.75) is 52.1 Å². The number of carbonyl (C=O) groups is 1. The molecule has 2 fully saturated rings. The van der Waals surface area contributed by atoms with E-state index in [4.69, 9.17) is 4.98 Å². The van der Waals surface area contributed by atoms with E-state index in [1.54, 1.807) is 17.5 Å². The fourth-order valence-corrected chi connectivity index (χ4v) is 5.26. The van der Waals surface area contributed by atoms with Crippen LogP contribution in [0.4, 0.5) is 0 Å². The molecule has 0 bridgehead atoms. The molecule has 27 heavy (non-hydrogen) atoms. The van der Waals surface area contributed by atoms with Crippen molar-refractivity contribution in [2.75, 3.05) is 19.6 Å². The molecule has 2 aromatic rings. The number of piperidine rings is 2. The Hall–Kier alpha value is -1.79. The average molecular weight is 385 g/mol. The fourth-order valence-electron chi connectivity index (χ4n) is 4.52. The molecule has 1 atom stereocenters. The zero-order chi connectivity index (χ0) is 18.7. The van der Waals surface area contributed by atoms with Crippen LogP contribution in [0.2, 0.25) is 0 Å². The molecule has 144 valence electrons. The zero-order valence-corrected chi connectivity index (χ0v) is 16.9. The van der Waals surface area contributed by atoms with Gasteiger partial charge in [-0.25, -0.2) is 4.98 Å². The zero-order valence-electron chi connectivity index (χ0n) is 16.1. The number of aromatic nitrogens is 2. The quantitative estimate of drug-likeness (QED) is 0.792. The van der Waals surface area contributed by atoms with E-state index in [-0.39, 0.29) is 11.3 Å². The van der Waals surface area contributed by atoms with Crippen LogP contribution in [0.25, 0.3) is 0 Å². The van der Waals surface area contributed by atoms with Crippen LogP contribution in [-0.4, -0.2) is 45.3 Å². The number of hydrogen-bond donors (Lipinski definition) is 0. The van der Waals surface area contributed by atoms with E-state index in [9.17, 15) is 4.79 Å². The van der Waals surface area contributed by atoms with E-state index in [0.29, 0.717) is 13.0 Å². The normalized spacial score (nSPS) is 23.9. The summed E-state index contributed by atoms with van der Waals surface area (Å²) in [5.74, 6) is 0.274. The van der Waals surface area contributed by atoms with Gasteiger partial charge in [-0.3, -0.25) is 14.7 Å². The Bertz CT molecular complexity index is 777. The van der Waals surface area contributed by atoms with E-state index in [1.165, 1.54) is 23.5 Å². The number of carbonyl (C=O) groups excluding carboxylic acids is 1. The Morgan fingerprint density at radius 1 is 1.19 bits per heavy atom. The first-order valence-electron chi connectivity index (χ1n) is 9.99. The van der Waals surface area contributed by atoms with Gasteiger partial charge >= 0.3 is 0 Å². The van der Waals surface area contributed by atoms with Gasteiger partial charge in [0, 0.05) is 43.0 Å². The Morgan fingerprint density at radius 3 is 2.89 bits per heavy atom. The summed E-state index contributed by atoms with van der Waals surface area (Å²) in [5.41, 5.74) is 2.40. The first-order chi connectivity index (χ1) is 13.2. The highest BCUT2D eigenvalue weighted by molar-refractivity contribution is 7.09. The molecule has 6 heteroatoms. The number of amides is 1. The van der Waals surface area contributed by atoms with Gasteiger partial charge in [0.1, 0.15) is 0 Å². The summed E-state index contributed by atoms with van der Waals surface area (Å²) in [6.45, 7) is 6.79. The lowest BCUT2D eigenvalue weighted by Crippen LogP contribution is -2.53. The molecular formula is C21H28N4OS. The Labute approximate surface area is 165 Å². The van der Waals surface area contributed by atoms with Crippen LogP contribution < -0.4 is 0 Å². The number of nitrogens with zero attached hydrogens (tertiary/aromatic N) is 4. The van der Waals surface area contributed by atoms with Gasteiger partial charge in [-0.2, -0.15) is 0 Å². The predicted molar refractivity (Wildman–Crippen MR) is 107 cm³/mol. The summed E-state index contributed by atoms with van der Waals surface area (Å²) in [6, 6.07) is 5.92. The third-order valence-electron chi connectivity index (χ3n) is 5.86. The summed E-state index contributed by atoms with van der Waals surface area (Å²) >= 11 is 1.77. The minimum Gasteiger partial charge on any atom is -0.336 e. The van der Waals surface area contributed by atoms with Gasteiger partial charge in [0.2, 0.25) is 5.91 Å². The van der Waals surface area contributed by atoms with Crippen molar-refractivity contribution >= 4 is 17.2 Å². The number of aryl methyl sites for hydroxylation is 1. The van der Waals surface area contributed by atoms with Crippen molar-refractivity contribution in [2.24, 2.45) is 5.41 Å². The van der Waals surface area contributed by atoms with E-state index in [0.717, 1.165) is 44.7 Å². The van der Waals surface area contributed by atoms with Crippen LogP contribution in [0.15, 0.2) is 29.8 Å². The Balaban J connectivity index is 1.42. The van der Waals surface area contributed by atoms with Crippen LogP contribution in [0.3, 0.4) is 0 Å². The molecule has 0 unspecified atom stereocenters. The fraction of sp³-hybridized carbons (Fsp3) is 0.571.